The van der Waals surface area contributed by atoms with E-state index in [0.29, 0.717) is 5.92 Å². The lowest BCUT2D eigenvalue weighted by Gasteiger charge is -2.26. The normalized spacial score (nSPS) is 24.2. The number of ether oxygens (including phenoxy) is 3. The molecule has 0 saturated carbocycles. The van der Waals surface area contributed by atoms with E-state index in [1.54, 1.807) is 21.3 Å². The Morgan fingerprint density at radius 2 is 1.78 bits per heavy atom. The van der Waals surface area contributed by atoms with Crippen molar-refractivity contribution in [3.05, 3.63) is 34.5 Å². The molecule has 2 aliphatic carbocycles. The second-order valence-corrected chi connectivity index (χ2v) is 4.85. The second kappa shape index (κ2) is 5.51. The van der Waals surface area contributed by atoms with E-state index in [2.05, 4.69) is 13.0 Å². The van der Waals surface area contributed by atoms with Gasteiger partial charge in [0.25, 0.3) is 0 Å². The van der Waals surface area contributed by atoms with Gasteiger partial charge in [-0.25, -0.2) is 0 Å². The first kappa shape index (κ1) is 13.1. The summed E-state index contributed by atoms with van der Waals surface area (Å²) in [5.41, 5.74) is 2.79. The zero-order chi connectivity index (χ0) is 13.1. The van der Waals surface area contributed by atoms with E-state index in [0.717, 1.165) is 30.1 Å². The maximum absolute atomic E-state index is 5.62. The topological polar surface area (TPSA) is 27.7 Å². The highest BCUT2D eigenvalue weighted by atomic mass is 16.5. The first-order chi connectivity index (χ1) is 8.72. The van der Waals surface area contributed by atoms with E-state index in [1.165, 1.54) is 24.0 Å². The quantitative estimate of drug-likeness (QED) is 0.766. The standard InChI is InChI=1S/C15H22O3/c1-10-6-5-7-11-8-9-12(16-2)14(17-3)15(18-4)13(10)11/h9-10H,5-8H2,1-4H3. The number of hydrogen-bond donors (Lipinski definition) is 0. The largest absolute Gasteiger partial charge is 0.493 e. The highest BCUT2D eigenvalue weighted by Crippen LogP contribution is 2.41. The molecular formula is C15H22O3. The van der Waals surface area contributed by atoms with Crippen molar-refractivity contribution >= 4 is 0 Å². The van der Waals surface area contributed by atoms with Gasteiger partial charge in [-0.2, -0.15) is 0 Å². The summed E-state index contributed by atoms with van der Waals surface area (Å²) in [5, 5.41) is 0. The van der Waals surface area contributed by atoms with Gasteiger partial charge in [0.05, 0.1) is 21.3 Å². The molecule has 0 radical (unpaired) electrons. The Kier molecular flexibility index (Phi) is 4.00. The zero-order valence-electron chi connectivity index (χ0n) is 11.7. The molecule has 0 spiro atoms. The van der Waals surface area contributed by atoms with Gasteiger partial charge in [-0.3, -0.25) is 0 Å². The molecule has 1 atom stereocenters. The maximum Gasteiger partial charge on any atom is 0.203 e. The Morgan fingerprint density at radius 1 is 1.06 bits per heavy atom. The summed E-state index contributed by atoms with van der Waals surface area (Å²) in [4.78, 5) is 0. The van der Waals surface area contributed by atoms with E-state index < -0.39 is 0 Å². The monoisotopic (exact) mass is 250 g/mol. The summed E-state index contributed by atoms with van der Waals surface area (Å²) in [6.07, 6.45) is 6.65. The molecular weight excluding hydrogens is 228 g/mol. The summed E-state index contributed by atoms with van der Waals surface area (Å²) < 4.78 is 16.5. The maximum atomic E-state index is 5.62. The minimum atomic E-state index is 0.526. The highest BCUT2D eigenvalue weighted by Gasteiger charge is 2.29. The van der Waals surface area contributed by atoms with E-state index in [1.807, 2.05) is 0 Å². The summed E-state index contributed by atoms with van der Waals surface area (Å²) in [5.74, 6) is 2.87. The fraction of sp³-hybridized carbons (Fsp3) is 0.600. The van der Waals surface area contributed by atoms with Gasteiger partial charge in [0.2, 0.25) is 5.76 Å². The third kappa shape index (κ3) is 2.14. The molecule has 1 unspecified atom stereocenters. The summed E-state index contributed by atoms with van der Waals surface area (Å²) in [6.45, 7) is 2.26. The van der Waals surface area contributed by atoms with Gasteiger partial charge in [-0.1, -0.05) is 12.5 Å². The average Bonchev–Trinajstić information content (AvgIpc) is 2.55. The molecule has 100 valence electrons. The molecule has 0 aromatic heterocycles. The van der Waals surface area contributed by atoms with E-state index in [9.17, 15) is 0 Å². The summed E-state index contributed by atoms with van der Waals surface area (Å²) >= 11 is 0. The van der Waals surface area contributed by atoms with Gasteiger partial charge >= 0.3 is 0 Å². The lowest BCUT2D eigenvalue weighted by atomic mass is 9.82. The van der Waals surface area contributed by atoms with Crippen molar-refractivity contribution in [2.75, 3.05) is 21.3 Å². The van der Waals surface area contributed by atoms with Gasteiger partial charge < -0.3 is 14.2 Å². The van der Waals surface area contributed by atoms with Crippen molar-refractivity contribution in [2.24, 2.45) is 5.92 Å². The Labute approximate surface area is 109 Å². The molecule has 0 aromatic carbocycles. The van der Waals surface area contributed by atoms with Crippen molar-refractivity contribution in [3.63, 3.8) is 0 Å². The highest BCUT2D eigenvalue weighted by molar-refractivity contribution is 5.44. The van der Waals surface area contributed by atoms with Gasteiger partial charge in [0.1, 0.15) is 0 Å². The molecule has 0 amide bonds. The van der Waals surface area contributed by atoms with Crippen LogP contribution in [0.1, 0.15) is 32.6 Å². The van der Waals surface area contributed by atoms with Crippen LogP contribution in [0.15, 0.2) is 34.5 Å². The van der Waals surface area contributed by atoms with Crippen molar-refractivity contribution in [3.8, 4) is 0 Å². The molecule has 0 N–H and O–H groups in total. The Morgan fingerprint density at radius 3 is 2.39 bits per heavy atom. The molecule has 3 heteroatoms. The molecule has 18 heavy (non-hydrogen) atoms. The molecule has 0 aromatic rings. The number of hydrogen-bond acceptors (Lipinski definition) is 3. The van der Waals surface area contributed by atoms with Crippen LogP contribution in [-0.2, 0) is 14.2 Å². The molecule has 3 nitrogen and oxygen atoms in total. The van der Waals surface area contributed by atoms with Gasteiger partial charge in [0.15, 0.2) is 11.5 Å². The van der Waals surface area contributed by atoms with Crippen LogP contribution in [0.3, 0.4) is 0 Å². The molecule has 0 fully saturated rings. The fourth-order valence-electron chi connectivity index (χ4n) is 2.96. The average molecular weight is 250 g/mol. The predicted molar refractivity (Wildman–Crippen MR) is 70.8 cm³/mol. The Bertz CT molecular complexity index is 415. The van der Waals surface area contributed by atoms with Crippen LogP contribution in [0.4, 0.5) is 0 Å². The van der Waals surface area contributed by atoms with Gasteiger partial charge in [-0.05, 0) is 37.7 Å². The smallest absolute Gasteiger partial charge is 0.203 e. The van der Waals surface area contributed by atoms with Crippen LogP contribution < -0.4 is 0 Å². The van der Waals surface area contributed by atoms with Crippen LogP contribution in [0.5, 0.6) is 0 Å². The van der Waals surface area contributed by atoms with E-state index in [4.69, 9.17) is 14.2 Å². The lowest BCUT2D eigenvalue weighted by Crippen LogP contribution is -2.14. The third-order valence-corrected chi connectivity index (χ3v) is 3.83. The molecule has 2 rings (SSSR count). The van der Waals surface area contributed by atoms with Crippen molar-refractivity contribution in [2.45, 2.75) is 32.6 Å². The molecule has 2 aliphatic rings. The Balaban J connectivity index is 2.55. The molecule has 0 bridgehead atoms. The zero-order valence-corrected chi connectivity index (χ0v) is 11.7. The first-order valence-corrected chi connectivity index (χ1v) is 6.52. The van der Waals surface area contributed by atoms with Crippen molar-refractivity contribution in [1.82, 2.24) is 0 Å². The lowest BCUT2D eigenvalue weighted by molar-refractivity contribution is 0.186. The number of methoxy groups -OCH3 is 3. The predicted octanol–water partition coefficient (Wildman–Crippen LogP) is 3.54. The SMILES string of the molecule is COC1=CCC2=C(C(OC)=C1OC)C(C)CCC2. The van der Waals surface area contributed by atoms with Crippen LogP contribution in [0.2, 0.25) is 0 Å². The fourth-order valence-corrected chi connectivity index (χ4v) is 2.96. The minimum absolute atomic E-state index is 0.526. The van der Waals surface area contributed by atoms with Crippen LogP contribution in [0, 0.1) is 5.92 Å². The van der Waals surface area contributed by atoms with Crippen molar-refractivity contribution in [1.29, 1.82) is 0 Å². The van der Waals surface area contributed by atoms with E-state index >= 15 is 0 Å². The first-order valence-electron chi connectivity index (χ1n) is 6.52. The Hall–Kier alpha value is -1.38. The van der Waals surface area contributed by atoms with Gasteiger partial charge in [0, 0.05) is 5.57 Å². The molecule has 0 saturated heterocycles. The third-order valence-electron chi connectivity index (χ3n) is 3.83. The van der Waals surface area contributed by atoms with Gasteiger partial charge in [-0.15, -0.1) is 0 Å². The number of rotatable bonds is 3. The minimum Gasteiger partial charge on any atom is -0.493 e. The molecule has 0 heterocycles. The second-order valence-electron chi connectivity index (χ2n) is 4.85. The number of allylic oxidation sites excluding steroid dienone is 3. The summed E-state index contributed by atoms with van der Waals surface area (Å²) in [7, 11) is 5.05. The van der Waals surface area contributed by atoms with Crippen LogP contribution in [-0.4, -0.2) is 21.3 Å². The van der Waals surface area contributed by atoms with Crippen LogP contribution >= 0.6 is 0 Å². The molecule has 0 aliphatic heterocycles. The van der Waals surface area contributed by atoms with Crippen LogP contribution in [0.25, 0.3) is 0 Å². The van der Waals surface area contributed by atoms with Crippen molar-refractivity contribution < 1.29 is 14.2 Å². The summed E-state index contributed by atoms with van der Waals surface area (Å²) in [6, 6.07) is 0. The van der Waals surface area contributed by atoms with E-state index in [-0.39, 0.29) is 0 Å².